The van der Waals surface area contributed by atoms with Crippen molar-refractivity contribution in [2.45, 2.75) is 25.4 Å². The number of amides is 1. The van der Waals surface area contributed by atoms with Crippen molar-refractivity contribution < 1.29 is 26.4 Å². The molecule has 0 atom stereocenters. The van der Waals surface area contributed by atoms with Crippen molar-refractivity contribution >= 4 is 22.5 Å². The first kappa shape index (κ1) is 22.3. The molecule has 1 amide bonds. The van der Waals surface area contributed by atoms with E-state index in [1.54, 1.807) is 0 Å². The molecule has 1 fully saturated rings. The summed E-state index contributed by atoms with van der Waals surface area (Å²) in [5.41, 5.74) is 3.86. The second-order valence-electron chi connectivity index (χ2n) is 8.60. The predicted molar refractivity (Wildman–Crippen MR) is 117 cm³/mol. The van der Waals surface area contributed by atoms with Crippen LogP contribution < -0.4 is 17.7 Å². The number of quaternary nitrogens is 1. The van der Waals surface area contributed by atoms with Gasteiger partial charge in [0.05, 0.1) is 38.9 Å². The van der Waals surface area contributed by atoms with Gasteiger partial charge in [-0.1, -0.05) is 30.3 Å². The Morgan fingerprint density at radius 1 is 1.10 bits per heavy atom. The number of ether oxygens (including phenoxy) is 1. The summed E-state index contributed by atoms with van der Waals surface area (Å²) < 4.78 is 8.46. The van der Waals surface area contributed by atoms with E-state index < -0.39 is 0 Å². The van der Waals surface area contributed by atoms with E-state index in [1.807, 2.05) is 54.2 Å². The summed E-state index contributed by atoms with van der Waals surface area (Å²) in [5, 5.41) is 4.02. The lowest BCUT2D eigenvalue weighted by molar-refractivity contribution is -0.929. The van der Waals surface area contributed by atoms with Crippen LogP contribution in [0, 0.1) is 0 Å². The van der Waals surface area contributed by atoms with Gasteiger partial charge in [-0.05, 0) is 18.2 Å². The number of carbonyl (C=O) groups excluding carboxylic acids is 1. The molecule has 3 aromatic rings. The van der Waals surface area contributed by atoms with Crippen LogP contribution in [-0.2, 0) is 18.3 Å². The van der Waals surface area contributed by atoms with Crippen LogP contribution in [0.4, 0.5) is 5.69 Å². The lowest BCUT2D eigenvalue weighted by Crippen LogP contribution is -3.00. The summed E-state index contributed by atoms with van der Waals surface area (Å²) in [6, 6.07) is 16.9. The molecule has 160 valence electrons. The van der Waals surface area contributed by atoms with Crippen LogP contribution in [0.2, 0.25) is 0 Å². The number of fused-ring (bicyclic) bond motifs is 1. The van der Waals surface area contributed by atoms with Crippen molar-refractivity contribution in [2.24, 2.45) is 7.05 Å². The molecule has 0 aliphatic carbocycles. The Bertz CT molecular complexity index is 1000. The fourth-order valence-electron chi connectivity index (χ4n) is 4.40. The molecule has 0 spiro atoms. The molecule has 2 heterocycles. The molecule has 0 bridgehead atoms. The van der Waals surface area contributed by atoms with Crippen LogP contribution in [-0.4, -0.2) is 48.3 Å². The minimum absolute atomic E-state index is 0. The Labute approximate surface area is 184 Å². The predicted octanol–water partition coefficient (Wildman–Crippen LogP) is 1.19. The molecule has 1 N–H and O–H groups in total. The Hall–Kier alpha value is -2.34. The molecular weight excluding hydrogens is 398 g/mol. The first-order valence-corrected chi connectivity index (χ1v) is 10.3. The standard InChI is InChI=1S/C24H29N3O2.ClH/c1-26-16-22(21-6-4-5-7-23(21)26)24(28)25-19-10-8-18(9-11-19)17-27(2,3)20-12-14-29-15-13-20;/h4-11,16,20H,12-15,17H2,1-3H3;1H. The number of aryl methyl sites for hydroxylation is 1. The summed E-state index contributed by atoms with van der Waals surface area (Å²) in [7, 11) is 6.56. The van der Waals surface area contributed by atoms with Crippen molar-refractivity contribution in [2.75, 3.05) is 32.6 Å². The lowest BCUT2D eigenvalue weighted by Gasteiger charge is -2.40. The number of para-hydroxylation sites is 1. The van der Waals surface area contributed by atoms with E-state index in [1.165, 1.54) is 5.56 Å². The van der Waals surface area contributed by atoms with Gasteiger partial charge >= 0.3 is 0 Å². The van der Waals surface area contributed by atoms with Gasteiger partial charge in [-0.15, -0.1) is 0 Å². The molecular formula is C24H30ClN3O2. The normalized spacial score (nSPS) is 15.0. The highest BCUT2D eigenvalue weighted by atomic mass is 35.5. The number of nitrogens with one attached hydrogen (secondary N) is 1. The SMILES string of the molecule is Cn1cc(C(=O)Nc2ccc(C[N+](C)(C)C3CCOCC3)cc2)c2ccccc21.[Cl-]. The fourth-order valence-corrected chi connectivity index (χ4v) is 4.40. The van der Waals surface area contributed by atoms with Crippen LogP contribution in [0.15, 0.2) is 54.7 Å². The summed E-state index contributed by atoms with van der Waals surface area (Å²) >= 11 is 0. The maximum atomic E-state index is 12.8. The number of carbonyl (C=O) groups is 1. The van der Waals surface area contributed by atoms with Gasteiger partial charge in [0.1, 0.15) is 6.54 Å². The van der Waals surface area contributed by atoms with Gasteiger partial charge in [0.2, 0.25) is 0 Å². The Morgan fingerprint density at radius 3 is 2.47 bits per heavy atom. The first-order valence-electron chi connectivity index (χ1n) is 10.3. The largest absolute Gasteiger partial charge is 1.00 e. The quantitative estimate of drug-likeness (QED) is 0.621. The van der Waals surface area contributed by atoms with Crippen molar-refractivity contribution in [1.29, 1.82) is 0 Å². The topological polar surface area (TPSA) is 43.3 Å². The molecule has 1 aliphatic rings. The number of rotatable bonds is 5. The van der Waals surface area contributed by atoms with Gasteiger partial charge in [0.15, 0.2) is 0 Å². The Kier molecular flexibility index (Phi) is 6.86. The van der Waals surface area contributed by atoms with Crippen LogP contribution in [0.5, 0.6) is 0 Å². The van der Waals surface area contributed by atoms with Crippen molar-refractivity contribution in [3.8, 4) is 0 Å². The van der Waals surface area contributed by atoms with E-state index in [-0.39, 0.29) is 18.3 Å². The third-order valence-electron chi connectivity index (χ3n) is 6.12. The highest BCUT2D eigenvalue weighted by molar-refractivity contribution is 6.12. The van der Waals surface area contributed by atoms with E-state index in [4.69, 9.17) is 4.74 Å². The summed E-state index contributed by atoms with van der Waals surface area (Å²) in [6.45, 7) is 2.71. The maximum absolute atomic E-state index is 12.8. The molecule has 0 unspecified atom stereocenters. The summed E-state index contributed by atoms with van der Waals surface area (Å²) in [4.78, 5) is 12.8. The molecule has 0 radical (unpaired) electrons. The summed E-state index contributed by atoms with van der Waals surface area (Å²) in [6.07, 6.45) is 4.13. The van der Waals surface area contributed by atoms with E-state index in [0.29, 0.717) is 11.6 Å². The zero-order valence-electron chi connectivity index (χ0n) is 17.9. The van der Waals surface area contributed by atoms with Crippen molar-refractivity contribution in [3.05, 3.63) is 65.9 Å². The number of anilines is 1. The molecule has 0 saturated carbocycles. The molecule has 5 nitrogen and oxygen atoms in total. The first-order chi connectivity index (χ1) is 13.9. The third-order valence-corrected chi connectivity index (χ3v) is 6.12. The van der Waals surface area contributed by atoms with Crippen molar-refractivity contribution in [1.82, 2.24) is 4.57 Å². The van der Waals surface area contributed by atoms with Gasteiger partial charge in [-0.3, -0.25) is 4.79 Å². The van der Waals surface area contributed by atoms with E-state index in [2.05, 4.69) is 31.5 Å². The molecule has 1 saturated heterocycles. The van der Waals surface area contributed by atoms with E-state index in [0.717, 1.165) is 53.7 Å². The van der Waals surface area contributed by atoms with Gasteiger partial charge < -0.3 is 31.5 Å². The number of nitrogens with zero attached hydrogens (tertiary/aromatic N) is 2. The van der Waals surface area contributed by atoms with E-state index in [9.17, 15) is 4.79 Å². The van der Waals surface area contributed by atoms with Gasteiger partial charge in [0.25, 0.3) is 5.91 Å². The van der Waals surface area contributed by atoms with Crippen LogP contribution >= 0.6 is 0 Å². The van der Waals surface area contributed by atoms with Gasteiger partial charge in [-0.25, -0.2) is 0 Å². The number of hydrogen-bond donors (Lipinski definition) is 1. The zero-order valence-corrected chi connectivity index (χ0v) is 18.7. The number of halogens is 1. The number of hydrogen-bond acceptors (Lipinski definition) is 2. The lowest BCUT2D eigenvalue weighted by atomic mass is 10.0. The van der Waals surface area contributed by atoms with Gasteiger partial charge in [0, 0.05) is 48.2 Å². The third kappa shape index (κ3) is 4.69. The minimum Gasteiger partial charge on any atom is -1.00 e. The monoisotopic (exact) mass is 427 g/mol. The minimum atomic E-state index is -0.0760. The highest BCUT2D eigenvalue weighted by Crippen LogP contribution is 2.24. The van der Waals surface area contributed by atoms with E-state index >= 15 is 0 Å². The maximum Gasteiger partial charge on any atom is 0.257 e. The molecule has 6 heteroatoms. The summed E-state index contributed by atoms with van der Waals surface area (Å²) in [5.74, 6) is -0.0760. The smallest absolute Gasteiger partial charge is 0.257 e. The average molecular weight is 428 g/mol. The zero-order chi connectivity index (χ0) is 20.4. The Balaban J connectivity index is 0.00000256. The second-order valence-corrected chi connectivity index (χ2v) is 8.60. The van der Waals surface area contributed by atoms with Crippen LogP contribution in [0.25, 0.3) is 10.9 Å². The molecule has 4 rings (SSSR count). The molecule has 1 aromatic heterocycles. The average Bonchev–Trinajstić information content (AvgIpc) is 3.07. The van der Waals surface area contributed by atoms with Crippen LogP contribution in [0.3, 0.4) is 0 Å². The molecule has 1 aliphatic heterocycles. The highest BCUT2D eigenvalue weighted by Gasteiger charge is 2.30. The molecule has 2 aromatic carbocycles. The number of benzene rings is 2. The number of aromatic nitrogens is 1. The second kappa shape index (κ2) is 9.21. The fraction of sp³-hybridized carbons (Fsp3) is 0.375. The van der Waals surface area contributed by atoms with Crippen molar-refractivity contribution in [3.63, 3.8) is 0 Å². The van der Waals surface area contributed by atoms with Gasteiger partial charge in [-0.2, -0.15) is 0 Å². The van der Waals surface area contributed by atoms with Crippen LogP contribution in [0.1, 0.15) is 28.8 Å². The Morgan fingerprint density at radius 2 is 1.77 bits per heavy atom. The molecule has 30 heavy (non-hydrogen) atoms.